The lowest BCUT2D eigenvalue weighted by atomic mass is 10.1. The Bertz CT molecular complexity index is 619. The molecule has 9 nitrogen and oxygen atoms in total. The van der Waals surface area contributed by atoms with Gasteiger partial charge >= 0.3 is 12.2 Å². The number of carbonyl (C=O) groups is 3. The zero-order chi connectivity index (χ0) is 24.5. The van der Waals surface area contributed by atoms with Crippen LogP contribution in [0.5, 0.6) is 0 Å². The number of nitrogens with one attached hydrogen (secondary N) is 3. The van der Waals surface area contributed by atoms with Crippen molar-refractivity contribution in [3.8, 4) is 0 Å². The maximum atomic E-state index is 11.9. The highest BCUT2D eigenvalue weighted by Crippen LogP contribution is 2.14. The van der Waals surface area contributed by atoms with E-state index in [1.807, 2.05) is 60.3 Å². The Hall–Kier alpha value is -2.03. The highest BCUT2D eigenvalue weighted by molar-refractivity contribution is 5.77. The van der Waals surface area contributed by atoms with Crippen LogP contribution in [-0.2, 0) is 14.3 Å². The number of rotatable bonds is 4. The number of hydrogen-bond acceptors (Lipinski definition) is 6. The minimum absolute atomic E-state index is 0.00552. The van der Waals surface area contributed by atoms with Crippen LogP contribution in [0.4, 0.5) is 9.59 Å². The average Bonchev–Trinajstić information content (AvgIpc) is 3.23. The van der Waals surface area contributed by atoms with Gasteiger partial charge in [-0.1, -0.05) is 13.8 Å². The topological polar surface area (TPSA) is 109 Å². The van der Waals surface area contributed by atoms with Gasteiger partial charge in [-0.25, -0.2) is 9.59 Å². The van der Waals surface area contributed by atoms with Gasteiger partial charge in [-0.15, -0.1) is 0 Å². The van der Waals surface area contributed by atoms with E-state index in [0.29, 0.717) is 25.4 Å². The molecule has 0 aromatic carbocycles. The van der Waals surface area contributed by atoms with Gasteiger partial charge in [0, 0.05) is 32.1 Å². The van der Waals surface area contributed by atoms with Crippen molar-refractivity contribution in [2.75, 3.05) is 26.2 Å². The van der Waals surface area contributed by atoms with Crippen molar-refractivity contribution in [3.05, 3.63) is 0 Å². The van der Waals surface area contributed by atoms with Gasteiger partial charge in [0.05, 0.1) is 6.04 Å². The summed E-state index contributed by atoms with van der Waals surface area (Å²) in [5.41, 5.74) is -0.897. The molecule has 0 bridgehead atoms. The fraction of sp³-hybridized carbons (Fsp3) is 0.870. The summed E-state index contributed by atoms with van der Waals surface area (Å²) in [4.78, 5) is 36.6. The maximum absolute atomic E-state index is 11.9. The summed E-state index contributed by atoms with van der Waals surface area (Å²) in [5.74, 6) is 0.536. The smallest absolute Gasteiger partial charge is 0.407 e. The van der Waals surface area contributed by atoms with Gasteiger partial charge in [0.2, 0.25) is 5.91 Å². The number of nitrogens with zero attached hydrogens (tertiary/aromatic N) is 1. The second-order valence-electron chi connectivity index (χ2n) is 10.9. The number of carbonyl (C=O) groups excluding carboxylic acids is 3. The molecule has 2 atom stereocenters. The Morgan fingerprint density at radius 2 is 1.47 bits per heavy atom. The number of hydrogen-bond donors (Lipinski definition) is 3. The van der Waals surface area contributed by atoms with Crippen molar-refractivity contribution in [2.45, 2.75) is 97.9 Å². The zero-order valence-corrected chi connectivity index (χ0v) is 21.2. The van der Waals surface area contributed by atoms with E-state index in [2.05, 4.69) is 16.0 Å². The fourth-order valence-electron chi connectivity index (χ4n) is 3.31. The van der Waals surface area contributed by atoms with Crippen LogP contribution in [0.25, 0.3) is 0 Å². The van der Waals surface area contributed by atoms with Crippen molar-refractivity contribution < 1.29 is 23.9 Å². The standard InChI is InChI=1S/C14H26N2O3.C9H18N2O2/c1-10(2)8-12(17)16-7-6-11(9-16)15-13(18)19-14(3,4)5;1-9(2,3)13-8(12)11-7-4-5-10-6-7/h10-11H,6-9H2,1-5H3,(H,15,18);7,10H,4-6H2,1-3H3,(H,11,12). The molecule has 2 heterocycles. The Morgan fingerprint density at radius 3 is 1.91 bits per heavy atom. The van der Waals surface area contributed by atoms with Crippen molar-refractivity contribution in [3.63, 3.8) is 0 Å². The molecule has 32 heavy (non-hydrogen) atoms. The zero-order valence-electron chi connectivity index (χ0n) is 21.2. The van der Waals surface area contributed by atoms with E-state index >= 15 is 0 Å². The Morgan fingerprint density at radius 1 is 0.938 bits per heavy atom. The average molecular weight is 457 g/mol. The van der Waals surface area contributed by atoms with Crippen LogP contribution < -0.4 is 16.0 Å². The molecule has 9 heteroatoms. The van der Waals surface area contributed by atoms with E-state index < -0.39 is 17.3 Å². The van der Waals surface area contributed by atoms with Crippen LogP contribution in [0.1, 0.15) is 74.7 Å². The van der Waals surface area contributed by atoms with Crippen molar-refractivity contribution in [1.29, 1.82) is 0 Å². The molecule has 2 aliphatic rings. The molecule has 0 aliphatic carbocycles. The third-order valence-corrected chi connectivity index (χ3v) is 4.63. The van der Waals surface area contributed by atoms with E-state index in [1.165, 1.54) is 0 Å². The largest absolute Gasteiger partial charge is 0.444 e. The predicted octanol–water partition coefficient (Wildman–Crippen LogP) is 3.03. The Labute approximate surface area is 193 Å². The lowest BCUT2D eigenvalue weighted by molar-refractivity contribution is -0.130. The van der Waals surface area contributed by atoms with Crippen LogP contribution in [0.15, 0.2) is 0 Å². The summed E-state index contributed by atoms with van der Waals surface area (Å²) in [6.07, 6.45) is 1.62. The molecule has 0 aromatic rings. The van der Waals surface area contributed by atoms with E-state index in [9.17, 15) is 14.4 Å². The molecule has 0 spiro atoms. The van der Waals surface area contributed by atoms with Crippen LogP contribution in [0.2, 0.25) is 0 Å². The minimum atomic E-state index is -0.490. The van der Waals surface area contributed by atoms with Gasteiger partial charge in [0.15, 0.2) is 0 Å². The normalized spacial score (nSPS) is 21.0. The Kier molecular flexibility index (Phi) is 10.7. The maximum Gasteiger partial charge on any atom is 0.407 e. The highest BCUT2D eigenvalue weighted by atomic mass is 16.6. The molecule has 0 saturated carbocycles. The van der Waals surface area contributed by atoms with Crippen LogP contribution in [-0.4, -0.2) is 72.5 Å². The summed E-state index contributed by atoms with van der Waals surface area (Å²) in [7, 11) is 0. The van der Waals surface area contributed by atoms with Crippen molar-refractivity contribution in [1.82, 2.24) is 20.9 Å². The number of amides is 3. The van der Waals surface area contributed by atoms with Crippen molar-refractivity contribution in [2.24, 2.45) is 5.92 Å². The molecule has 186 valence electrons. The lowest BCUT2D eigenvalue weighted by Gasteiger charge is -2.22. The van der Waals surface area contributed by atoms with Gasteiger partial charge in [-0.05, 0) is 66.8 Å². The molecular formula is C23H44N4O5. The number of alkyl carbamates (subject to hydrolysis) is 2. The molecule has 3 N–H and O–H groups in total. The number of likely N-dealkylation sites (tertiary alicyclic amines) is 1. The van der Waals surface area contributed by atoms with E-state index in [1.54, 1.807) is 0 Å². The van der Waals surface area contributed by atoms with Gasteiger partial charge in [0.25, 0.3) is 0 Å². The minimum Gasteiger partial charge on any atom is -0.444 e. The van der Waals surface area contributed by atoms with E-state index in [4.69, 9.17) is 9.47 Å². The molecule has 0 aromatic heterocycles. The third kappa shape index (κ3) is 12.7. The monoisotopic (exact) mass is 456 g/mol. The molecule has 2 unspecified atom stereocenters. The summed E-state index contributed by atoms with van der Waals surface area (Å²) in [6, 6.07) is 0.237. The van der Waals surface area contributed by atoms with Gasteiger partial charge in [0.1, 0.15) is 11.2 Å². The van der Waals surface area contributed by atoms with Gasteiger partial charge < -0.3 is 30.3 Å². The van der Waals surface area contributed by atoms with Crippen LogP contribution >= 0.6 is 0 Å². The summed E-state index contributed by atoms with van der Waals surface area (Å²) >= 11 is 0. The molecule has 2 rings (SSSR count). The van der Waals surface area contributed by atoms with Crippen LogP contribution in [0, 0.1) is 5.92 Å². The van der Waals surface area contributed by atoms with Crippen molar-refractivity contribution >= 4 is 18.1 Å². The highest BCUT2D eigenvalue weighted by Gasteiger charge is 2.28. The second-order valence-corrected chi connectivity index (χ2v) is 10.9. The molecule has 2 fully saturated rings. The first-order valence-electron chi connectivity index (χ1n) is 11.6. The lowest BCUT2D eigenvalue weighted by Crippen LogP contribution is -2.41. The third-order valence-electron chi connectivity index (χ3n) is 4.63. The number of ether oxygens (including phenoxy) is 2. The molecular weight excluding hydrogens is 412 g/mol. The first kappa shape index (κ1) is 28.0. The Balaban J connectivity index is 0.000000343. The fourth-order valence-corrected chi connectivity index (χ4v) is 3.31. The first-order valence-corrected chi connectivity index (χ1v) is 11.6. The summed E-state index contributed by atoms with van der Waals surface area (Å²) in [5, 5.41) is 8.80. The quantitative estimate of drug-likeness (QED) is 0.600. The van der Waals surface area contributed by atoms with E-state index in [0.717, 1.165) is 25.9 Å². The summed E-state index contributed by atoms with van der Waals surface area (Å²) in [6.45, 7) is 18.3. The first-order chi connectivity index (χ1) is 14.6. The molecule has 3 amide bonds. The molecule has 2 aliphatic heterocycles. The predicted molar refractivity (Wildman–Crippen MR) is 124 cm³/mol. The summed E-state index contributed by atoms with van der Waals surface area (Å²) < 4.78 is 10.3. The second kappa shape index (κ2) is 12.3. The molecule has 0 radical (unpaired) electrons. The molecule has 2 saturated heterocycles. The van der Waals surface area contributed by atoms with Gasteiger partial charge in [-0.2, -0.15) is 0 Å². The van der Waals surface area contributed by atoms with Crippen LogP contribution in [0.3, 0.4) is 0 Å². The van der Waals surface area contributed by atoms with Gasteiger partial charge in [-0.3, -0.25) is 4.79 Å². The van der Waals surface area contributed by atoms with E-state index in [-0.39, 0.29) is 24.1 Å². The SMILES string of the molecule is CC(C)(C)OC(=O)NC1CCNC1.CC(C)CC(=O)N1CCC(NC(=O)OC(C)(C)C)C1.